The van der Waals surface area contributed by atoms with E-state index in [0.29, 0.717) is 23.1 Å². The van der Waals surface area contributed by atoms with Crippen molar-refractivity contribution in [1.82, 2.24) is 10.6 Å². The van der Waals surface area contributed by atoms with E-state index in [2.05, 4.69) is 17.6 Å². The fourth-order valence-corrected chi connectivity index (χ4v) is 5.05. The van der Waals surface area contributed by atoms with Crippen LogP contribution < -0.4 is 20.3 Å². The Morgan fingerprint density at radius 3 is 2.69 bits per heavy atom. The van der Waals surface area contributed by atoms with Crippen LogP contribution in [0, 0.1) is 17.1 Å². The molecular weight excluding hydrogens is 443 g/mol. The third-order valence-corrected chi connectivity index (χ3v) is 7.21. The Hall–Kier alpha value is -3.19. The number of rotatable bonds is 7. The summed E-state index contributed by atoms with van der Waals surface area (Å²) >= 11 is 0. The van der Waals surface area contributed by atoms with Crippen molar-refractivity contribution in [3.63, 3.8) is 0 Å². The van der Waals surface area contributed by atoms with E-state index in [0.717, 1.165) is 68.4 Å². The Morgan fingerprint density at radius 1 is 1.17 bits per heavy atom. The largest absolute Gasteiger partial charge is 0.456 e. The van der Waals surface area contributed by atoms with Crippen molar-refractivity contribution in [2.75, 3.05) is 18.0 Å². The van der Waals surface area contributed by atoms with Crippen LogP contribution in [0.25, 0.3) is 5.57 Å². The van der Waals surface area contributed by atoms with Gasteiger partial charge in [0, 0.05) is 53.2 Å². The lowest BCUT2D eigenvalue weighted by molar-refractivity contribution is -0.120. The van der Waals surface area contributed by atoms with Crippen LogP contribution in [-0.4, -0.2) is 37.3 Å². The molecule has 1 amide bonds. The van der Waals surface area contributed by atoms with E-state index in [9.17, 15) is 9.18 Å². The molecule has 2 heterocycles. The minimum Gasteiger partial charge on any atom is -0.456 e. The number of carbonyl (C=O) groups is 1. The lowest BCUT2D eigenvalue weighted by Crippen LogP contribution is -2.43. The summed E-state index contributed by atoms with van der Waals surface area (Å²) in [6, 6.07) is 10.5. The minimum atomic E-state index is -0.372. The van der Waals surface area contributed by atoms with Gasteiger partial charge in [-0.25, -0.2) is 4.39 Å². The van der Waals surface area contributed by atoms with Gasteiger partial charge in [0.25, 0.3) is 0 Å². The highest BCUT2D eigenvalue weighted by Gasteiger charge is 2.39. The molecule has 0 radical (unpaired) electrons. The molecule has 2 fully saturated rings. The molecule has 35 heavy (non-hydrogen) atoms. The maximum absolute atomic E-state index is 14.0. The van der Waals surface area contributed by atoms with Crippen LogP contribution >= 0.6 is 0 Å². The number of nitrogens with one attached hydrogen (secondary N) is 3. The van der Waals surface area contributed by atoms with Crippen LogP contribution in [0.3, 0.4) is 0 Å². The fourth-order valence-electron chi connectivity index (χ4n) is 5.05. The maximum atomic E-state index is 14.0. The summed E-state index contributed by atoms with van der Waals surface area (Å²) in [6.07, 6.45) is 8.73. The number of nitrogens with zero attached hydrogens (tertiary/aromatic N) is 1. The number of halogens is 1. The highest BCUT2D eigenvalue weighted by molar-refractivity contribution is 6.10. The van der Waals surface area contributed by atoms with Gasteiger partial charge in [0.15, 0.2) is 0 Å². The van der Waals surface area contributed by atoms with Gasteiger partial charge in [0.1, 0.15) is 17.3 Å². The van der Waals surface area contributed by atoms with Crippen molar-refractivity contribution in [1.29, 1.82) is 5.41 Å². The second-order valence-electron chi connectivity index (χ2n) is 9.80. The summed E-state index contributed by atoms with van der Waals surface area (Å²) < 4.78 is 20.3. The molecule has 1 aliphatic carbocycles. The molecule has 0 bridgehead atoms. The van der Waals surface area contributed by atoms with Gasteiger partial charge in [-0.05, 0) is 82.8 Å². The Morgan fingerprint density at radius 2 is 1.97 bits per heavy atom. The number of allylic oxidation sites excluding steroid dienone is 1. The molecule has 6 nitrogen and oxygen atoms in total. The van der Waals surface area contributed by atoms with E-state index in [4.69, 9.17) is 10.1 Å². The van der Waals surface area contributed by atoms with E-state index in [1.165, 1.54) is 18.3 Å². The molecule has 1 atom stereocenters. The first kappa shape index (κ1) is 23.5. The number of anilines is 1. The molecule has 1 saturated heterocycles. The number of hydrogen-bond donors (Lipinski definition) is 3. The average Bonchev–Trinajstić information content (AvgIpc) is 3.71. The summed E-state index contributed by atoms with van der Waals surface area (Å²) in [4.78, 5) is 15.1. The average molecular weight is 477 g/mol. The number of carbonyl (C=O) groups excluding carboxylic acids is 1. The van der Waals surface area contributed by atoms with Crippen LogP contribution in [-0.2, 0) is 11.2 Å². The fraction of sp³-hybridized carbons (Fsp3) is 0.429. The smallest absolute Gasteiger partial charge is 0.230 e. The van der Waals surface area contributed by atoms with Gasteiger partial charge in [-0.3, -0.25) is 4.79 Å². The van der Waals surface area contributed by atoms with Gasteiger partial charge < -0.3 is 25.7 Å². The van der Waals surface area contributed by atoms with Crippen LogP contribution in [0.1, 0.15) is 50.2 Å². The number of fused-ring (bicyclic) bond motifs is 1. The van der Waals surface area contributed by atoms with E-state index >= 15 is 0 Å². The first-order chi connectivity index (χ1) is 17.0. The van der Waals surface area contributed by atoms with Gasteiger partial charge in [-0.2, -0.15) is 0 Å². The maximum Gasteiger partial charge on any atom is 0.230 e. The van der Waals surface area contributed by atoms with E-state index < -0.39 is 0 Å². The molecule has 7 heteroatoms. The summed E-state index contributed by atoms with van der Waals surface area (Å²) in [6.45, 7) is 4.04. The van der Waals surface area contributed by atoms with Crippen LogP contribution in [0.4, 0.5) is 10.1 Å². The molecule has 2 aromatic carbocycles. The van der Waals surface area contributed by atoms with Crippen molar-refractivity contribution >= 4 is 23.4 Å². The summed E-state index contributed by atoms with van der Waals surface area (Å²) in [5.74, 6) is 0.910. The lowest BCUT2D eigenvalue weighted by atomic mass is 9.91. The summed E-state index contributed by atoms with van der Waals surface area (Å²) in [5, 5.41) is 15.0. The molecule has 3 aliphatic rings. The van der Waals surface area contributed by atoms with Crippen LogP contribution in [0.15, 0.2) is 42.6 Å². The van der Waals surface area contributed by atoms with Crippen LogP contribution in [0.5, 0.6) is 11.5 Å². The number of benzene rings is 2. The Labute approximate surface area is 206 Å². The van der Waals surface area contributed by atoms with E-state index in [-0.39, 0.29) is 23.7 Å². The highest BCUT2D eigenvalue weighted by atomic mass is 19.1. The molecule has 1 unspecified atom stereocenters. The quantitative estimate of drug-likeness (QED) is 0.490. The normalized spacial score (nSPS) is 20.8. The predicted molar refractivity (Wildman–Crippen MR) is 137 cm³/mol. The van der Waals surface area contributed by atoms with Gasteiger partial charge in [-0.15, -0.1) is 0 Å². The van der Waals surface area contributed by atoms with Crippen molar-refractivity contribution in [2.24, 2.45) is 5.92 Å². The highest BCUT2D eigenvalue weighted by Crippen LogP contribution is 2.45. The third kappa shape index (κ3) is 5.10. The second kappa shape index (κ2) is 10.2. The zero-order chi connectivity index (χ0) is 24.4. The van der Waals surface area contributed by atoms with Gasteiger partial charge >= 0.3 is 0 Å². The molecule has 0 spiro atoms. The predicted octanol–water partition coefficient (Wildman–Crippen LogP) is 5.03. The Kier molecular flexibility index (Phi) is 6.86. The standard InChI is InChI=1S/C28H33FN4O2/c1-18-5-8-25-26(33(18)28(34)19-6-7-19)10-9-24(27(25)35-23-4-2-3-21(29)15-23)20(16-30)17-32-22-11-13-31-14-12-22/h2-4,9-10,15-19,22,30-32H,5-8,11-14H2,1H3/b20-17+,30-16?. The van der Waals surface area contributed by atoms with Gasteiger partial charge in [0.2, 0.25) is 5.91 Å². The first-order valence-corrected chi connectivity index (χ1v) is 12.7. The number of hydrogen-bond acceptors (Lipinski definition) is 5. The molecular formula is C28H33FN4O2. The van der Waals surface area contributed by atoms with Crippen molar-refractivity contribution < 1.29 is 13.9 Å². The number of ether oxygens (including phenoxy) is 1. The monoisotopic (exact) mass is 476 g/mol. The molecule has 2 aliphatic heterocycles. The number of amides is 1. The van der Waals surface area contributed by atoms with Gasteiger partial charge in [0.05, 0.1) is 5.69 Å². The van der Waals surface area contributed by atoms with Crippen molar-refractivity contribution in [2.45, 2.75) is 57.5 Å². The zero-order valence-corrected chi connectivity index (χ0v) is 20.1. The first-order valence-electron chi connectivity index (χ1n) is 12.7. The lowest BCUT2D eigenvalue weighted by Gasteiger charge is -2.37. The summed E-state index contributed by atoms with van der Waals surface area (Å²) in [7, 11) is 0. The summed E-state index contributed by atoms with van der Waals surface area (Å²) in [5.41, 5.74) is 3.26. The zero-order valence-electron chi connectivity index (χ0n) is 20.1. The van der Waals surface area contributed by atoms with E-state index in [1.54, 1.807) is 12.1 Å². The Bertz CT molecular complexity index is 1140. The number of piperidine rings is 1. The molecule has 3 N–H and O–H groups in total. The third-order valence-electron chi connectivity index (χ3n) is 7.21. The molecule has 184 valence electrons. The molecule has 1 saturated carbocycles. The van der Waals surface area contributed by atoms with Crippen molar-refractivity contribution in [3.05, 3.63) is 59.5 Å². The van der Waals surface area contributed by atoms with Crippen LogP contribution in [0.2, 0.25) is 0 Å². The molecule has 2 aromatic rings. The topological polar surface area (TPSA) is 77.5 Å². The van der Waals surface area contributed by atoms with Gasteiger partial charge in [-0.1, -0.05) is 6.07 Å². The second-order valence-corrected chi connectivity index (χ2v) is 9.80. The molecule has 5 rings (SSSR count). The van der Waals surface area contributed by atoms with E-state index in [1.807, 2.05) is 23.2 Å². The molecule has 0 aromatic heterocycles. The Balaban J connectivity index is 1.56. The van der Waals surface area contributed by atoms with Crippen molar-refractivity contribution in [3.8, 4) is 11.5 Å². The SMILES string of the molecule is CC1CCc2c(ccc(/C(C=N)=C/NC3CCNCC3)c2Oc2cccc(F)c2)N1C(=O)C1CC1. The minimum absolute atomic E-state index is 0.113.